The molecule has 1 aliphatic rings. The molecule has 192 valence electrons. The number of nitrogens with zero attached hydrogens (tertiary/aromatic N) is 2. The summed E-state index contributed by atoms with van der Waals surface area (Å²) in [5, 5.41) is 0. The molecular formula is C27H32N2O5S2. The van der Waals surface area contributed by atoms with Crippen molar-refractivity contribution in [2.24, 2.45) is 0 Å². The predicted molar refractivity (Wildman–Crippen MR) is 140 cm³/mol. The van der Waals surface area contributed by atoms with Gasteiger partial charge in [0.2, 0.25) is 20.0 Å². The van der Waals surface area contributed by atoms with E-state index in [1.165, 1.54) is 32.9 Å². The van der Waals surface area contributed by atoms with Crippen LogP contribution >= 0.6 is 0 Å². The highest BCUT2D eigenvalue weighted by Gasteiger charge is 2.29. The van der Waals surface area contributed by atoms with Crippen molar-refractivity contribution in [3.8, 4) is 5.75 Å². The highest BCUT2D eigenvalue weighted by Crippen LogP contribution is 2.27. The Morgan fingerprint density at radius 2 is 1.31 bits per heavy atom. The maximum atomic E-state index is 13.8. The lowest BCUT2D eigenvalue weighted by atomic mass is 10.2. The van der Waals surface area contributed by atoms with Gasteiger partial charge in [0.15, 0.2) is 0 Å². The molecule has 3 aromatic rings. The highest BCUT2D eigenvalue weighted by molar-refractivity contribution is 7.89. The molecule has 0 radical (unpaired) electrons. The summed E-state index contributed by atoms with van der Waals surface area (Å²) >= 11 is 0. The van der Waals surface area contributed by atoms with E-state index < -0.39 is 20.0 Å². The molecule has 1 fully saturated rings. The van der Waals surface area contributed by atoms with Gasteiger partial charge in [-0.15, -0.1) is 0 Å². The topological polar surface area (TPSA) is 84.0 Å². The third-order valence-electron chi connectivity index (χ3n) is 6.41. The third-order valence-corrected chi connectivity index (χ3v) is 10.1. The first-order valence-electron chi connectivity index (χ1n) is 12.1. The summed E-state index contributed by atoms with van der Waals surface area (Å²) in [7, 11) is -6.06. The zero-order valence-corrected chi connectivity index (χ0v) is 22.0. The molecule has 1 aliphatic heterocycles. The first kappa shape index (κ1) is 26.3. The minimum Gasteiger partial charge on any atom is -0.496 e. The van der Waals surface area contributed by atoms with Crippen molar-refractivity contribution in [1.29, 1.82) is 0 Å². The van der Waals surface area contributed by atoms with Gasteiger partial charge >= 0.3 is 0 Å². The van der Waals surface area contributed by atoms with Gasteiger partial charge in [-0.2, -0.15) is 8.61 Å². The van der Waals surface area contributed by atoms with E-state index in [1.54, 1.807) is 13.2 Å². The van der Waals surface area contributed by atoms with Gasteiger partial charge in [-0.1, -0.05) is 61.4 Å². The Balaban J connectivity index is 1.65. The van der Waals surface area contributed by atoms with Crippen molar-refractivity contribution in [2.75, 3.05) is 20.2 Å². The van der Waals surface area contributed by atoms with Crippen molar-refractivity contribution in [1.82, 2.24) is 8.61 Å². The fourth-order valence-corrected chi connectivity index (χ4v) is 7.32. The van der Waals surface area contributed by atoms with E-state index in [0.717, 1.165) is 36.8 Å². The molecule has 0 saturated carbocycles. The van der Waals surface area contributed by atoms with E-state index >= 15 is 0 Å². The average molecular weight is 529 g/mol. The van der Waals surface area contributed by atoms with Gasteiger partial charge in [-0.25, -0.2) is 16.8 Å². The first-order chi connectivity index (χ1) is 17.3. The van der Waals surface area contributed by atoms with Gasteiger partial charge in [0.25, 0.3) is 0 Å². The molecule has 0 atom stereocenters. The summed E-state index contributed by atoms with van der Waals surface area (Å²) in [5.41, 5.74) is 1.58. The van der Waals surface area contributed by atoms with Crippen LogP contribution in [0.3, 0.4) is 0 Å². The van der Waals surface area contributed by atoms with Crippen LogP contribution in [0.5, 0.6) is 5.75 Å². The van der Waals surface area contributed by atoms with E-state index in [2.05, 4.69) is 0 Å². The van der Waals surface area contributed by atoms with Gasteiger partial charge < -0.3 is 4.74 Å². The second-order valence-electron chi connectivity index (χ2n) is 8.86. The average Bonchev–Trinajstić information content (AvgIpc) is 3.20. The van der Waals surface area contributed by atoms with Gasteiger partial charge in [-0.05, 0) is 48.7 Å². The Morgan fingerprint density at radius 3 is 1.94 bits per heavy atom. The van der Waals surface area contributed by atoms with Crippen molar-refractivity contribution < 1.29 is 21.6 Å². The molecule has 1 saturated heterocycles. The summed E-state index contributed by atoms with van der Waals surface area (Å²) in [6.45, 7) is 1.25. The van der Waals surface area contributed by atoms with Gasteiger partial charge in [0.05, 0.1) is 16.9 Å². The van der Waals surface area contributed by atoms with Crippen LogP contribution in [0, 0.1) is 0 Å². The lowest BCUT2D eigenvalue weighted by Gasteiger charge is -2.24. The molecule has 4 rings (SSSR count). The van der Waals surface area contributed by atoms with Gasteiger partial charge in [0, 0.05) is 31.7 Å². The van der Waals surface area contributed by atoms with Crippen LogP contribution in [0.25, 0.3) is 0 Å². The monoisotopic (exact) mass is 528 g/mol. The quantitative estimate of drug-likeness (QED) is 0.404. The van der Waals surface area contributed by atoms with Crippen LogP contribution in [0.4, 0.5) is 0 Å². The molecule has 0 unspecified atom stereocenters. The number of benzene rings is 3. The summed E-state index contributed by atoms with van der Waals surface area (Å²) in [4.78, 5) is 0.158. The van der Waals surface area contributed by atoms with Crippen LogP contribution in [-0.4, -0.2) is 45.6 Å². The second kappa shape index (κ2) is 11.6. The van der Waals surface area contributed by atoms with Crippen molar-refractivity contribution in [2.45, 2.75) is 48.6 Å². The molecule has 7 nitrogen and oxygen atoms in total. The summed E-state index contributed by atoms with van der Waals surface area (Å²) in [6, 6.07) is 22.3. The van der Waals surface area contributed by atoms with Crippen molar-refractivity contribution in [3.63, 3.8) is 0 Å². The summed E-state index contributed by atoms with van der Waals surface area (Å²) < 4.78 is 62.2. The lowest BCUT2D eigenvalue weighted by molar-refractivity contribution is 0.375. The number of para-hydroxylation sites is 1. The zero-order chi connectivity index (χ0) is 25.6. The van der Waals surface area contributed by atoms with Crippen LogP contribution in [0.2, 0.25) is 0 Å². The smallest absolute Gasteiger partial charge is 0.243 e. The number of methoxy groups -OCH3 is 1. The summed E-state index contributed by atoms with van der Waals surface area (Å²) in [5.74, 6) is 0.602. The molecule has 0 amide bonds. The molecule has 9 heteroatoms. The number of hydrogen-bond acceptors (Lipinski definition) is 5. The number of rotatable bonds is 9. The molecule has 36 heavy (non-hydrogen) atoms. The minimum absolute atomic E-state index is 0.0446. The van der Waals surface area contributed by atoms with Gasteiger partial charge in [0.1, 0.15) is 5.75 Å². The van der Waals surface area contributed by atoms with E-state index in [9.17, 15) is 16.8 Å². The molecule has 0 aliphatic carbocycles. The predicted octanol–water partition coefficient (Wildman–Crippen LogP) is 4.65. The van der Waals surface area contributed by atoms with Crippen LogP contribution < -0.4 is 4.74 Å². The Bertz CT molecular complexity index is 1350. The molecule has 0 N–H and O–H groups in total. The van der Waals surface area contributed by atoms with Crippen LogP contribution in [0.1, 0.15) is 36.8 Å². The van der Waals surface area contributed by atoms with E-state index in [1.807, 2.05) is 48.5 Å². The first-order valence-corrected chi connectivity index (χ1v) is 15.0. The van der Waals surface area contributed by atoms with Crippen molar-refractivity contribution in [3.05, 3.63) is 90.0 Å². The number of ether oxygens (including phenoxy) is 1. The Hall–Kier alpha value is -2.72. The lowest BCUT2D eigenvalue weighted by Crippen LogP contribution is -2.32. The largest absolute Gasteiger partial charge is 0.496 e. The van der Waals surface area contributed by atoms with E-state index in [0.29, 0.717) is 18.8 Å². The fourth-order valence-electron chi connectivity index (χ4n) is 4.40. The maximum absolute atomic E-state index is 13.8. The Kier molecular flexibility index (Phi) is 8.46. The standard InChI is InChI=1S/C27H32N2O5S2/c1-34-27-14-8-7-13-24(27)22-29(21-23-11-5-4-6-12-23)36(32,33)26-17-15-25(16-18-26)35(30,31)28-19-9-2-3-10-20-28/h4-8,11-18H,2-3,9-10,19-22H2,1H3. The highest BCUT2D eigenvalue weighted by atomic mass is 32.2. The normalized spacial score (nSPS) is 15.5. The van der Waals surface area contributed by atoms with Crippen molar-refractivity contribution >= 4 is 20.0 Å². The van der Waals surface area contributed by atoms with Crippen LogP contribution in [0.15, 0.2) is 88.7 Å². The minimum atomic E-state index is -3.95. The summed E-state index contributed by atoms with van der Waals surface area (Å²) in [6.07, 6.45) is 3.71. The zero-order valence-electron chi connectivity index (χ0n) is 20.4. The van der Waals surface area contributed by atoms with E-state index in [4.69, 9.17) is 4.74 Å². The number of hydrogen-bond donors (Lipinski definition) is 0. The molecule has 3 aromatic carbocycles. The number of sulfonamides is 2. The van der Waals surface area contributed by atoms with E-state index in [-0.39, 0.29) is 22.9 Å². The SMILES string of the molecule is COc1ccccc1CN(Cc1ccccc1)S(=O)(=O)c1ccc(S(=O)(=O)N2CCCCCC2)cc1. The Labute approximate surface area is 214 Å². The van der Waals surface area contributed by atoms with Crippen LogP contribution in [-0.2, 0) is 33.1 Å². The second-order valence-corrected chi connectivity index (χ2v) is 12.7. The third kappa shape index (κ3) is 5.98. The Morgan fingerprint density at radius 1 is 0.722 bits per heavy atom. The fraction of sp³-hybridized carbons (Fsp3) is 0.333. The molecule has 0 spiro atoms. The molecule has 1 heterocycles. The molecular weight excluding hydrogens is 496 g/mol. The van der Waals surface area contributed by atoms with Gasteiger partial charge in [-0.3, -0.25) is 0 Å². The molecule has 0 aromatic heterocycles. The molecule has 0 bridgehead atoms. The maximum Gasteiger partial charge on any atom is 0.243 e.